The van der Waals surface area contributed by atoms with Crippen LogP contribution in [0, 0.1) is 10.1 Å². The largest absolute Gasteiger partial charge is 0.378 e. The van der Waals surface area contributed by atoms with E-state index in [1.807, 2.05) is 30.9 Å². The second-order valence-electron chi connectivity index (χ2n) is 6.78. The predicted octanol–water partition coefficient (Wildman–Crippen LogP) is 4.46. The molecule has 3 rings (SSSR count). The van der Waals surface area contributed by atoms with Gasteiger partial charge in [0.05, 0.1) is 18.1 Å². The Balaban J connectivity index is 1.93. The van der Waals surface area contributed by atoms with Crippen LogP contribution >= 0.6 is 11.6 Å². The van der Waals surface area contributed by atoms with Crippen LogP contribution in [-0.4, -0.2) is 37.1 Å². The molecule has 0 bridgehead atoms. The first kappa shape index (κ1) is 21.1. The van der Waals surface area contributed by atoms with Gasteiger partial charge in [-0.15, -0.1) is 0 Å². The number of aryl methyl sites for hydroxylation is 1. The van der Waals surface area contributed by atoms with Crippen LogP contribution in [0.25, 0.3) is 0 Å². The number of carbonyl (C=O) groups excluding carboxylic acids is 1. The zero-order valence-electron chi connectivity index (χ0n) is 16.5. The van der Waals surface area contributed by atoms with Crippen molar-refractivity contribution in [2.45, 2.75) is 26.7 Å². The number of nitro benzene ring substituents is 1. The molecule has 1 aliphatic heterocycles. The Morgan fingerprint density at radius 1 is 1.21 bits per heavy atom. The fourth-order valence-corrected chi connectivity index (χ4v) is 3.83. The second-order valence-corrected chi connectivity index (χ2v) is 7.19. The second kappa shape index (κ2) is 9.24. The summed E-state index contributed by atoms with van der Waals surface area (Å²) < 4.78 is 5.32. The summed E-state index contributed by atoms with van der Waals surface area (Å²) in [4.78, 5) is 26.0. The van der Waals surface area contributed by atoms with Crippen molar-refractivity contribution in [2.24, 2.45) is 0 Å². The third-order valence-electron chi connectivity index (χ3n) is 5.10. The summed E-state index contributed by atoms with van der Waals surface area (Å²) in [5, 5.41) is 15.2. The highest BCUT2D eigenvalue weighted by molar-refractivity contribution is 6.32. The van der Waals surface area contributed by atoms with Gasteiger partial charge in [0.1, 0.15) is 5.69 Å². The van der Waals surface area contributed by atoms with E-state index < -0.39 is 10.8 Å². The molecule has 1 amide bonds. The lowest BCUT2D eigenvalue weighted by Gasteiger charge is -2.28. The molecular formula is C21H24ClN3O4. The highest BCUT2D eigenvalue weighted by Crippen LogP contribution is 2.32. The van der Waals surface area contributed by atoms with E-state index in [0.717, 1.165) is 17.5 Å². The van der Waals surface area contributed by atoms with Crippen molar-refractivity contribution in [3.05, 3.63) is 62.2 Å². The van der Waals surface area contributed by atoms with Crippen LogP contribution in [0.4, 0.5) is 17.1 Å². The number of hydrogen-bond acceptors (Lipinski definition) is 5. The Labute approximate surface area is 174 Å². The maximum atomic E-state index is 12.9. The van der Waals surface area contributed by atoms with Crippen LogP contribution < -0.4 is 10.2 Å². The number of carbonyl (C=O) groups is 1. The zero-order chi connectivity index (χ0) is 21.0. The van der Waals surface area contributed by atoms with Crippen LogP contribution in [0.2, 0.25) is 5.02 Å². The average molecular weight is 418 g/mol. The van der Waals surface area contributed by atoms with Crippen molar-refractivity contribution in [2.75, 3.05) is 36.5 Å². The molecule has 8 heteroatoms. The van der Waals surface area contributed by atoms with Gasteiger partial charge >= 0.3 is 0 Å². The van der Waals surface area contributed by atoms with Crippen molar-refractivity contribution in [3.8, 4) is 0 Å². The number of nitrogens with zero attached hydrogens (tertiary/aromatic N) is 2. The first-order valence-electron chi connectivity index (χ1n) is 9.69. The lowest BCUT2D eigenvalue weighted by Crippen LogP contribution is -2.36. The highest BCUT2D eigenvalue weighted by Gasteiger charge is 2.24. The Morgan fingerprint density at radius 2 is 1.93 bits per heavy atom. The summed E-state index contributed by atoms with van der Waals surface area (Å²) in [6, 6.07) is 8.31. The van der Waals surface area contributed by atoms with Gasteiger partial charge in [0.2, 0.25) is 0 Å². The maximum Gasteiger partial charge on any atom is 0.293 e. The number of halogens is 1. The minimum absolute atomic E-state index is 0.0860. The molecule has 0 saturated carbocycles. The van der Waals surface area contributed by atoms with Gasteiger partial charge in [-0.05, 0) is 42.2 Å². The Kier molecular flexibility index (Phi) is 6.71. The van der Waals surface area contributed by atoms with Crippen molar-refractivity contribution < 1.29 is 14.5 Å². The Hall–Kier alpha value is -2.64. The number of anilines is 2. The number of ether oxygens (including phenoxy) is 1. The van der Waals surface area contributed by atoms with Gasteiger partial charge in [0, 0.05) is 35.4 Å². The van der Waals surface area contributed by atoms with Crippen LogP contribution in [0.3, 0.4) is 0 Å². The molecule has 1 aliphatic rings. The smallest absolute Gasteiger partial charge is 0.293 e. The molecule has 1 saturated heterocycles. The number of nitrogens with one attached hydrogen (secondary N) is 1. The number of hydrogen-bond donors (Lipinski definition) is 1. The van der Waals surface area contributed by atoms with Gasteiger partial charge in [-0.3, -0.25) is 14.9 Å². The van der Waals surface area contributed by atoms with Crippen LogP contribution in [0.15, 0.2) is 30.3 Å². The molecule has 0 spiro atoms. The Morgan fingerprint density at radius 3 is 2.55 bits per heavy atom. The van der Waals surface area contributed by atoms with E-state index in [0.29, 0.717) is 49.1 Å². The summed E-state index contributed by atoms with van der Waals surface area (Å²) in [6.45, 7) is 6.17. The van der Waals surface area contributed by atoms with E-state index in [1.165, 1.54) is 6.07 Å². The molecule has 0 unspecified atom stereocenters. The standard InChI is InChI=1S/C21H24ClN3O4/c1-3-14-5-7-17(22)16(4-2)20(14)23-21(26)15-6-8-18(19(13-15)25(27)28)24-9-11-29-12-10-24/h5-8,13H,3-4,9-12H2,1-2H3,(H,23,26). The molecule has 0 aromatic heterocycles. The van der Waals surface area contributed by atoms with Gasteiger partial charge in [-0.25, -0.2) is 0 Å². The molecule has 154 valence electrons. The number of morpholine rings is 1. The van der Waals surface area contributed by atoms with Crippen LogP contribution in [0.5, 0.6) is 0 Å². The summed E-state index contributed by atoms with van der Waals surface area (Å²) in [5.74, 6) is -0.395. The normalized spacial score (nSPS) is 14.0. The molecule has 1 N–H and O–H groups in total. The number of rotatable bonds is 6. The van der Waals surface area contributed by atoms with Crippen molar-refractivity contribution in [1.29, 1.82) is 0 Å². The molecule has 0 radical (unpaired) electrons. The monoisotopic (exact) mass is 417 g/mol. The molecule has 0 atom stereocenters. The van der Waals surface area contributed by atoms with Crippen LogP contribution in [0.1, 0.15) is 35.3 Å². The lowest BCUT2D eigenvalue weighted by atomic mass is 10.0. The fraction of sp³-hybridized carbons (Fsp3) is 0.381. The third kappa shape index (κ3) is 4.52. The topological polar surface area (TPSA) is 84.7 Å². The van der Waals surface area contributed by atoms with Crippen molar-refractivity contribution in [1.82, 2.24) is 0 Å². The van der Waals surface area contributed by atoms with Gasteiger partial charge in [0.25, 0.3) is 11.6 Å². The molecular weight excluding hydrogens is 394 g/mol. The minimum atomic E-state index is -0.449. The fourth-order valence-electron chi connectivity index (χ4n) is 3.54. The quantitative estimate of drug-likeness (QED) is 0.554. The molecule has 29 heavy (non-hydrogen) atoms. The van der Waals surface area contributed by atoms with Crippen molar-refractivity contribution in [3.63, 3.8) is 0 Å². The maximum absolute atomic E-state index is 12.9. The lowest BCUT2D eigenvalue weighted by molar-refractivity contribution is -0.384. The summed E-state index contributed by atoms with van der Waals surface area (Å²) >= 11 is 6.31. The number of nitro groups is 1. The van der Waals surface area contributed by atoms with Gasteiger partial charge in [-0.2, -0.15) is 0 Å². The Bertz CT molecular complexity index is 926. The summed E-state index contributed by atoms with van der Waals surface area (Å²) in [5.41, 5.74) is 3.17. The molecule has 1 heterocycles. The van der Waals surface area contributed by atoms with E-state index in [-0.39, 0.29) is 11.3 Å². The molecule has 7 nitrogen and oxygen atoms in total. The summed E-state index contributed by atoms with van der Waals surface area (Å²) in [7, 11) is 0. The van der Waals surface area contributed by atoms with Gasteiger partial charge < -0.3 is 15.0 Å². The first-order chi connectivity index (χ1) is 14.0. The molecule has 2 aromatic rings. The van der Waals surface area contributed by atoms with Crippen LogP contribution in [-0.2, 0) is 17.6 Å². The molecule has 0 aliphatic carbocycles. The van der Waals surface area contributed by atoms with E-state index in [1.54, 1.807) is 12.1 Å². The van der Waals surface area contributed by atoms with E-state index in [2.05, 4.69) is 5.32 Å². The SMILES string of the molecule is CCc1ccc(Cl)c(CC)c1NC(=O)c1ccc(N2CCOCC2)c([N+](=O)[O-])c1. The van der Waals surface area contributed by atoms with E-state index in [4.69, 9.17) is 16.3 Å². The van der Waals surface area contributed by atoms with E-state index >= 15 is 0 Å². The summed E-state index contributed by atoms with van der Waals surface area (Å²) in [6.07, 6.45) is 1.40. The number of benzene rings is 2. The minimum Gasteiger partial charge on any atom is -0.378 e. The first-order valence-corrected chi connectivity index (χ1v) is 10.1. The molecule has 2 aromatic carbocycles. The van der Waals surface area contributed by atoms with Gasteiger partial charge in [-0.1, -0.05) is 31.5 Å². The zero-order valence-corrected chi connectivity index (χ0v) is 17.3. The third-order valence-corrected chi connectivity index (χ3v) is 5.46. The van der Waals surface area contributed by atoms with Crippen molar-refractivity contribution >= 4 is 34.6 Å². The number of amides is 1. The highest BCUT2D eigenvalue weighted by atomic mass is 35.5. The van der Waals surface area contributed by atoms with E-state index in [9.17, 15) is 14.9 Å². The predicted molar refractivity (Wildman–Crippen MR) is 114 cm³/mol. The molecule has 1 fully saturated rings. The average Bonchev–Trinajstić information content (AvgIpc) is 2.74. The van der Waals surface area contributed by atoms with Gasteiger partial charge in [0.15, 0.2) is 0 Å².